The summed E-state index contributed by atoms with van der Waals surface area (Å²) in [4.78, 5) is 24.8. The van der Waals surface area contributed by atoms with Crippen LogP contribution < -0.4 is 10.6 Å². The molecule has 2 N–H and O–H groups in total. The molecule has 0 spiro atoms. The molecule has 0 fully saturated rings. The summed E-state index contributed by atoms with van der Waals surface area (Å²) in [5.41, 5.74) is 2.71. The molecule has 7 heteroatoms. The number of nitrogens with zero attached hydrogens (tertiary/aromatic N) is 3. The Morgan fingerprint density at radius 1 is 1.28 bits per heavy atom. The maximum Gasteiger partial charge on any atom is 0.268 e. The number of aromatic nitrogens is 3. The second kappa shape index (κ2) is 5.47. The molecule has 0 bridgehead atoms. The van der Waals surface area contributed by atoms with Crippen LogP contribution in [0, 0.1) is 0 Å². The summed E-state index contributed by atoms with van der Waals surface area (Å²) in [6.45, 7) is 4.05. The van der Waals surface area contributed by atoms with Crippen molar-refractivity contribution < 1.29 is 9.59 Å². The van der Waals surface area contributed by atoms with Crippen molar-refractivity contribution in [3.8, 4) is 0 Å². The third-order valence-corrected chi connectivity index (χ3v) is 4.79. The molecule has 1 aliphatic heterocycles. The maximum atomic E-state index is 12.5. The molecule has 1 aliphatic rings. The summed E-state index contributed by atoms with van der Waals surface area (Å²) in [5, 5.41) is 10.8. The van der Waals surface area contributed by atoms with Crippen LogP contribution in [0.2, 0.25) is 0 Å². The lowest BCUT2D eigenvalue weighted by molar-refractivity contribution is 0.0891. The molecule has 2 aromatic heterocycles. The largest absolute Gasteiger partial charge is 0.346 e. The van der Waals surface area contributed by atoms with E-state index in [-0.39, 0.29) is 23.9 Å². The molecule has 25 heavy (non-hydrogen) atoms. The lowest BCUT2D eigenvalue weighted by Crippen LogP contribution is -2.44. The van der Waals surface area contributed by atoms with E-state index in [9.17, 15) is 9.59 Å². The molecule has 4 rings (SSSR count). The first kappa shape index (κ1) is 15.4. The van der Waals surface area contributed by atoms with Gasteiger partial charge in [-0.3, -0.25) is 14.3 Å². The molecule has 7 nitrogen and oxygen atoms in total. The third-order valence-electron chi connectivity index (χ3n) is 4.79. The van der Waals surface area contributed by atoms with E-state index >= 15 is 0 Å². The highest BCUT2D eigenvalue weighted by atomic mass is 16.2. The number of hydrogen-bond acceptors (Lipinski definition) is 3. The summed E-state index contributed by atoms with van der Waals surface area (Å²) in [6.07, 6.45) is 3.34. The van der Waals surface area contributed by atoms with Gasteiger partial charge in [0.15, 0.2) is 0 Å². The van der Waals surface area contributed by atoms with Gasteiger partial charge in [0.05, 0.1) is 17.9 Å². The number of rotatable bonds is 2. The van der Waals surface area contributed by atoms with Crippen molar-refractivity contribution in [2.45, 2.75) is 25.9 Å². The second-order valence-corrected chi connectivity index (χ2v) is 6.53. The van der Waals surface area contributed by atoms with Crippen molar-refractivity contribution >= 4 is 28.4 Å². The Bertz CT molecular complexity index is 1000. The van der Waals surface area contributed by atoms with Gasteiger partial charge < -0.3 is 15.2 Å². The Morgan fingerprint density at radius 2 is 2.08 bits per heavy atom. The lowest BCUT2D eigenvalue weighted by atomic mass is 10.1. The monoisotopic (exact) mass is 337 g/mol. The number of carbonyl (C=O) groups is 2. The third kappa shape index (κ3) is 2.48. The minimum absolute atomic E-state index is 0.0310. The zero-order valence-corrected chi connectivity index (χ0v) is 14.3. The smallest absolute Gasteiger partial charge is 0.268 e. The molecule has 0 saturated carbocycles. The summed E-state index contributed by atoms with van der Waals surface area (Å²) in [6, 6.07) is 7.50. The molecule has 0 aliphatic carbocycles. The van der Waals surface area contributed by atoms with E-state index in [1.807, 2.05) is 29.7 Å². The Morgan fingerprint density at radius 3 is 2.80 bits per heavy atom. The highest BCUT2D eigenvalue weighted by molar-refractivity contribution is 6.07. The van der Waals surface area contributed by atoms with Crippen molar-refractivity contribution in [3.63, 3.8) is 0 Å². The highest BCUT2D eigenvalue weighted by Crippen LogP contribution is 2.30. The quantitative estimate of drug-likeness (QED) is 0.753. The van der Waals surface area contributed by atoms with Gasteiger partial charge in [0, 0.05) is 35.8 Å². The van der Waals surface area contributed by atoms with E-state index < -0.39 is 0 Å². The molecule has 0 radical (unpaired) electrons. The van der Waals surface area contributed by atoms with Crippen LogP contribution in [0.3, 0.4) is 0 Å². The average Bonchev–Trinajstić information content (AvgIpc) is 3.15. The van der Waals surface area contributed by atoms with Crippen molar-refractivity contribution in [2.24, 2.45) is 7.05 Å². The zero-order chi connectivity index (χ0) is 17.7. The fourth-order valence-corrected chi connectivity index (χ4v) is 3.29. The average molecular weight is 337 g/mol. The fraction of sp³-hybridized carbons (Fsp3) is 0.278. The van der Waals surface area contributed by atoms with Gasteiger partial charge in [-0.1, -0.05) is 6.07 Å². The molecular weight excluding hydrogens is 318 g/mol. The summed E-state index contributed by atoms with van der Waals surface area (Å²) in [7, 11) is 1.79. The molecule has 1 aromatic carbocycles. The number of fused-ring (bicyclic) bond motifs is 3. The first-order chi connectivity index (χ1) is 11.9. The van der Waals surface area contributed by atoms with Gasteiger partial charge in [0.2, 0.25) is 0 Å². The minimum Gasteiger partial charge on any atom is -0.346 e. The first-order valence-corrected chi connectivity index (χ1v) is 8.20. The number of aryl methyl sites for hydroxylation is 1. The standard InChI is InChI=1S/C18H19N5O2/c1-10-11(2)23-15-7-13(17(24)21-14-8-19-22(3)9-14)5-4-12(15)6-16(23)18(25)20-10/h4-11H,1-3H3,(H,20,25)(H,21,24). The van der Waals surface area contributed by atoms with Gasteiger partial charge >= 0.3 is 0 Å². The van der Waals surface area contributed by atoms with Crippen LogP contribution in [-0.4, -0.2) is 32.2 Å². The number of hydrogen-bond donors (Lipinski definition) is 2. The van der Waals surface area contributed by atoms with Gasteiger partial charge in [-0.25, -0.2) is 0 Å². The molecule has 3 heterocycles. The van der Waals surface area contributed by atoms with Gasteiger partial charge in [-0.2, -0.15) is 5.10 Å². The number of amides is 2. The van der Waals surface area contributed by atoms with Crippen LogP contribution in [-0.2, 0) is 7.05 Å². The van der Waals surface area contributed by atoms with Crippen LogP contribution in [0.4, 0.5) is 5.69 Å². The molecule has 128 valence electrons. The normalized spacial score (nSPS) is 19.6. The van der Waals surface area contributed by atoms with Gasteiger partial charge in [0.25, 0.3) is 11.8 Å². The van der Waals surface area contributed by atoms with Gasteiger partial charge in [0.1, 0.15) is 5.69 Å². The predicted molar refractivity (Wildman–Crippen MR) is 94.7 cm³/mol. The van der Waals surface area contributed by atoms with Gasteiger partial charge in [-0.05, 0) is 32.0 Å². The van der Waals surface area contributed by atoms with E-state index in [2.05, 4.69) is 22.7 Å². The first-order valence-electron chi connectivity index (χ1n) is 8.20. The van der Waals surface area contributed by atoms with Crippen molar-refractivity contribution in [1.29, 1.82) is 0 Å². The Kier molecular flexibility index (Phi) is 3.38. The molecular formula is C18H19N5O2. The van der Waals surface area contributed by atoms with Crippen LogP contribution in [0.25, 0.3) is 10.9 Å². The predicted octanol–water partition coefficient (Wildman–Crippen LogP) is 2.32. The number of carbonyl (C=O) groups excluding carboxylic acids is 2. The maximum absolute atomic E-state index is 12.5. The van der Waals surface area contributed by atoms with E-state index in [1.54, 1.807) is 30.2 Å². The molecule has 2 atom stereocenters. The van der Waals surface area contributed by atoms with Crippen molar-refractivity contribution in [2.75, 3.05) is 5.32 Å². The Labute approximate surface area is 144 Å². The molecule has 0 saturated heterocycles. The van der Waals surface area contributed by atoms with Crippen LogP contribution >= 0.6 is 0 Å². The Balaban J connectivity index is 1.75. The van der Waals surface area contributed by atoms with E-state index in [4.69, 9.17) is 0 Å². The SMILES string of the molecule is CC1NC(=O)c2cc3ccc(C(=O)Nc4cnn(C)c4)cc3n2C1C. The molecule has 3 aromatic rings. The molecule has 2 unspecified atom stereocenters. The fourth-order valence-electron chi connectivity index (χ4n) is 3.29. The topological polar surface area (TPSA) is 81.0 Å². The Hall–Kier alpha value is -3.09. The highest BCUT2D eigenvalue weighted by Gasteiger charge is 2.29. The van der Waals surface area contributed by atoms with Crippen LogP contribution in [0.1, 0.15) is 40.7 Å². The second-order valence-electron chi connectivity index (χ2n) is 6.53. The van der Waals surface area contributed by atoms with Gasteiger partial charge in [-0.15, -0.1) is 0 Å². The summed E-state index contributed by atoms with van der Waals surface area (Å²) in [5.74, 6) is -0.283. The summed E-state index contributed by atoms with van der Waals surface area (Å²) < 4.78 is 3.64. The van der Waals surface area contributed by atoms with Crippen molar-refractivity contribution in [1.82, 2.24) is 19.7 Å². The molecule has 2 amide bonds. The number of benzene rings is 1. The number of anilines is 1. The van der Waals surface area contributed by atoms with E-state index in [0.29, 0.717) is 16.9 Å². The lowest BCUT2D eigenvalue weighted by Gasteiger charge is -2.30. The van der Waals surface area contributed by atoms with Crippen LogP contribution in [0.15, 0.2) is 36.7 Å². The van der Waals surface area contributed by atoms with Crippen molar-refractivity contribution in [3.05, 3.63) is 47.9 Å². The number of nitrogens with one attached hydrogen (secondary N) is 2. The zero-order valence-electron chi connectivity index (χ0n) is 14.3. The van der Waals surface area contributed by atoms with Crippen LogP contribution in [0.5, 0.6) is 0 Å². The van der Waals surface area contributed by atoms with E-state index in [0.717, 1.165) is 10.9 Å². The van der Waals surface area contributed by atoms with E-state index in [1.165, 1.54) is 0 Å². The minimum atomic E-state index is -0.202. The summed E-state index contributed by atoms with van der Waals surface area (Å²) >= 11 is 0.